The van der Waals surface area contributed by atoms with Crippen LogP contribution >= 0.6 is 12.4 Å². The van der Waals surface area contributed by atoms with Gasteiger partial charge in [-0.05, 0) is 70.2 Å². The van der Waals surface area contributed by atoms with E-state index in [-0.39, 0.29) is 24.4 Å². The predicted octanol–water partition coefficient (Wildman–Crippen LogP) is 4.02. The van der Waals surface area contributed by atoms with Gasteiger partial charge in [-0.2, -0.15) is 0 Å². The minimum Gasteiger partial charge on any atom is -0.338 e. The number of aromatic nitrogens is 1. The summed E-state index contributed by atoms with van der Waals surface area (Å²) in [6.45, 7) is 9.83. The lowest BCUT2D eigenvalue weighted by atomic mass is 9.92. The Balaban J connectivity index is 0.00000243. The molecule has 2 unspecified atom stereocenters. The quantitative estimate of drug-likeness (QED) is 0.880. The number of nitrogens with zero attached hydrogens (tertiary/aromatic N) is 2. The number of rotatable bonds is 3. The van der Waals surface area contributed by atoms with Gasteiger partial charge in [-0.3, -0.25) is 4.79 Å². The highest BCUT2D eigenvalue weighted by Crippen LogP contribution is 2.25. The number of carbonyl (C=O) groups excluding carboxylic acids is 1. The number of carbonyl (C=O) groups is 1. The van der Waals surface area contributed by atoms with E-state index in [4.69, 9.17) is 5.73 Å². The SMILES string of the molecule is Cc1cccc(-n2c(C)cc(C(=O)N3CCCC(C(C)N)C3)c2C)c1.Cl. The standard InChI is InChI=1S/C21H29N3O.ClH/c1-14-7-5-9-19(11-14)24-15(2)12-20(17(24)4)21(25)23-10-6-8-18(13-23)16(3)22;/h5,7,9,11-12,16,18H,6,8,10,13,22H2,1-4H3;1H. The third kappa shape index (κ3) is 3.97. The number of amides is 1. The lowest BCUT2D eigenvalue weighted by molar-refractivity contribution is 0.0660. The van der Waals surface area contributed by atoms with Gasteiger partial charge in [-0.1, -0.05) is 12.1 Å². The summed E-state index contributed by atoms with van der Waals surface area (Å²) in [6, 6.07) is 10.6. The molecule has 0 saturated carbocycles. The Kier molecular flexibility index (Phi) is 6.53. The maximum absolute atomic E-state index is 13.1. The van der Waals surface area contributed by atoms with Crippen molar-refractivity contribution in [3.05, 3.63) is 52.8 Å². The molecule has 142 valence electrons. The number of aryl methyl sites for hydroxylation is 2. The van der Waals surface area contributed by atoms with Crippen molar-refractivity contribution in [1.82, 2.24) is 9.47 Å². The van der Waals surface area contributed by atoms with Crippen LogP contribution in [-0.2, 0) is 0 Å². The van der Waals surface area contributed by atoms with Crippen LogP contribution in [0.3, 0.4) is 0 Å². The molecule has 0 radical (unpaired) electrons. The fraction of sp³-hybridized carbons (Fsp3) is 0.476. The summed E-state index contributed by atoms with van der Waals surface area (Å²) in [5, 5.41) is 0. The molecule has 2 aromatic rings. The van der Waals surface area contributed by atoms with Crippen molar-refractivity contribution >= 4 is 18.3 Å². The van der Waals surface area contributed by atoms with Gasteiger partial charge in [0.15, 0.2) is 0 Å². The van der Waals surface area contributed by atoms with Gasteiger partial charge < -0.3 is 15.2 Å². The van der Waals surface area contributed by atoms with Crippen molar-refractivity contribution in [2.75, 3.05) is 13.1 Å². The van der Waals surface area contributed by atoms with Gasteiger partial charge in [0.05, 0.1) is 5.56 Å². The minimum atomic E-state index is 0. The zero-order chi connectivity index (χ0) is 18.1. The lowest BCUT2D eigenvalue weighted by Crippen LogP contribution is -2.45. The van der Waals surface area contributed by atoms with Crippen LogP contribution in [0.4, 0.5) is 0 Å². The molecule has 1 saturated heterocycles. The molecular formula is C21H30ClN3O. The van der Waals surface area contributed by atoms with E-state index in [0.717, 1.165) is 48.6 Å². The molecule has 0 bridgehead atoms. The summed E-state index contributed by atoms with van der Waals surface area (Å²) >= 11 is 0. The number of benzene rings is 1. The molecule has 1 aromatic carbocycles. The summed E-state index contributed by atoms with van der Waals surface area (Å²) in [7, 11) is 0. The van der Waals surface area contributed by atoms with Crippen molar-refractivity contribution < 1.29 is 4.79 Å². The van der Waals surface area contributed by atoms with Crippen LogP contribution in [0.2, 0.25) is 0 Å². The molecule has 2 N–H and O–H groups in total. The molecule has 1 aromatic heterocycles. The van der Waals surface area contributed by atoms with Gasteiger partial charge in [-0.25, -0.2) is 0 Å². The van der Waals surface area contributed by atoms with Crippen LogP contribution in [-0.4, -0.2) is 34.5 Å². The topological polar surface area (TPSA) is 51.3 Å². The summed E-state index contributed by atoms with van der Waals surface area (Å²) in [6.07, 6.45) is 2.15. The molecule has 1 amide bonds. The molecule has 0 aliphatic carbocycles. The first-order valence-electron chi connectivity index (χ1n) is 9.19. The normalized spacial score (nSPS) is 18.3. The average molecular weight is 376 g/mol. The Morgan fingerprint density at radius 3 is 2.62 bits per heavy atom. The second-order valence-electron chi connectivity index (χ2n) is 7.47. The van der Waals surface area contributed by atoms with Crippen LogP contribution in [0.1, 0.15) is 47.1 Å². The fourth-order valence-corrected chi connectivity index (χ4v) is 3.94. The Morgan fingerprint density at radius 1 is 1.23 bits per heavy atom. The average Bonchev–Trinajstić information content (AvgIpc) is 2.88. The smallest absolute Gasteiger partial charge is 0.255 e. The summed E-state index contributed by atoms with van der Waals surface area (Å²) in [5.41, 5.74) is 11.3. The maximum Gasteiger partial charge on any atom is 0.255 e. The molecule has 1 fully saturated rings. The van der Waals surface area contributed by atoms with Gasteiger partial charge in [0, 0.05) is 36.2 Å². The van der Waals surface area contributed by atoms with Crippen LogP contribution in [0, 0.1) is 26.7 Å². The first kappa shape index (κ1) is 20.5. The molecule has 4 nitrogen and oxygen atoms in total. The summed E-state index contributed by atoms with van der Waals surface area (Å²) in [5.74, 6) is 0.537. The number of piperidine rings is 1. The third-order valence-electron chi connectivity index (χ3n) is 5.41. The van der Waals surface area contributed by atoms with E-state index in [1.165, 1.54) is 5.56 Å². The van der Waals surface area contributed by atoms with Crippen molar-refractivity contribution in [3.63, 3.8) is 0 Å². The molecule has 1 aliphatic heterocycles. The van der Waals surface area contributed by atoms with Gasteiger partial charge in [0.2, 0.25) is 0 Å². The first-order chi connectivity index (χ1) is 11.9. The highest BCUT2D eigenvalue weighted by Gasteiger charge is 2.28. The zero-order valence-electron chi connectivity index (χ0n) is 16.2. The van der Waals surface area contributed by atoms with Gasteiger partial charge >= 0.3 is 0 Å². The lowest BCUT2D eigenvalue weighted by Gasteiger charge is -2.34. The van der Waals surface area contributed by atoms with E-state index < -0.39 is 0 Å². The van der Waals surface area contributed by atoms with Crippen LogP contribution in [0.15, 0.2) is 30.3 Å². The maximum atomic E-state index is 13.1. The van der Waals surface area contributed by atoms with Crippen LogP contribution in [0.5, 0.6) is 0 Å². The summed E-state index contributed by atoms with van der Waals surface area (Å²) in [4.78, 5) is 15.1. The molecule has 2 atom stereocenters. The minimum absolute atomic E-state index is 0. The number of halogens is 1. The van der Waals surface area contributed by atoms with Crippen LogP contribution < -0.4 is 5.73 Å². The molecule has 2 heterocycles. The highest BCUT2D eigenvalue weighted by atomic mass is 35.5. The summed E-state index contributed by atoms with van der Waals surface area (Å²) < 4.78 is 2.17. The third-order valence-corrected chi connectivity index (χ3v) is 5.41. The molecule has 3 rings (SSSR count). The molecular weight excluding hydrogens is 346 g/mol. The zero-order valence-corrected chi connectivity index (χ0v) is 17.0. The monoisotopic (exact) mass is 375 g/mol. The Morgan fingerprint density at radius 2 is 1.96 bits per heavy atom. The van der Waals surface area contributed by atoms with E-state index >= 15 is 0 Å². The molecule has 26 heavy (non-hydrogen) atoms. The van der Waals surface area contributed by atoms with Crippen molar-refractivity contribution in [3.8, 4) is 5.69 Å². The first-order valence-corrected chi connectivity index (χ1v) is 9.19. The van der Waals surface area contributed by atoms with Gasteiger partial charge in [0.1, 0.15) is 0 Å². The van der Waals surface area contributed by atoms with E-state index in [1.54, 1.807) is 0 Å². The van der Waals surface area contributed by atoms with Gasteiger partial charge in [0.25, 0.3) is 5.91 Å². The fourth-order valence-electron chi connectivity index (χ4n) is 3.94. The highest BCUT2D eigenvalue weighted by molar-refractivity contribution is 5.96. The number of nitrogens with two attached hydrogens (primary N) is 1. The molecule has 5 heteroatoms. The van der Waals surface area contributed by atoms with Crippen molar-refractivity contribution in [1.29, 1.82) is 0 Å². The number of likely N-dealkylation sites (tertiary alicyclic amines) is 1. The number of hydrogen-bond acceptors (Lipinski definition) is 2. The van der Waals surface area contributed by atoms with Gasteiger partial charge in [-0.15, -0.1) is 12.4 Å². The van der Waals surface area contributed by atoms with E-state index in [1.807, 2.05) is 24.8 Å². The second kappa shape index (κ2) is 8.28. The predicted molar refractivity (Wildman–Crippen MR) is 110 cm³/mol. The number of hydrogen-bond donors (Lipinski definition) is 1. The largest absolute Gasteiger partial charge is 0.338 e. The van der Waals surface area contributed by atoms with E-state index in [0.29, 0.717) is 5.92 Å². The van der Waals surface area contributed by atoms with Crippen molar-refractivity contribution in [2.45, 2.75) is 46.6 Å². The Bertz CT molecular complexity index is 782. The second-order valence-corrected chi connectivity index (χ2v) is 7.47. The molecule has 0 spiro atoms. The van der Waals surface area contributed by atoms with Crippen LogP contribution in [0.25, 0.3) is 5.69 Å². The van der Waals surface area contributed by atoms with Crippen molar-refractivity contribution in [2.24, 2.45) is 11.7 Å². The Hall–Kier alpha value is -1.78. The van der Waals surface area contributed by atoms with E-state index in [9.17, 15) is 4.79 Å². The Labute approximate surface area is 162 Å². The van der Waals surface area contributed by atoms with E-state index in [2.05, 4.69) is 42.7 Å². The molecule has 1 aliphatic rings.